The monoisotopic (exact) mass is 236 g/mol. The summed E-state index contributed by atoms with van der Waals surface area (Å²) in [6.45, 7) is 4.28. The highest BCUT2D eigenvalue weighted by molar-refractivity contribution is 7.38. The fraction of sp³-hybridized carbons (Fsp3) is 1.00. The normalized spacial score (nSPS) is 14.5. The molecule has 0 saturated heterocycles. The van der Waals surface area contributed by atoms with E-state index >= 15 is 0 Å². The molecule has 0 aromatic carbocycles. The lowest BCUT2D eigenvalue weighted by molar-refractivity contribution is 0.467. The van der Waals surface area contributed by atoms with E-state index in [2.05, 4.69) is 13.8 Å². The van der Waals surface area contributed by atoms with E-state index in [9.17, 15) is 4.57 Å². The Bertz CT molecular complexity index is 142. The second kappa shape index (κ2) is 11.8. The van der Waals surface area contributed by atoms with Crippen molar-refractivity contribution >= 4 is 25.4 Å². The maximum absolute atomic E-state index is 11.0. The van der Waals surface area contributed by atoms with E-state index in [0.29, 0.717) is 0 Å². The van der Waals surface area contributed by atoms with Gasteiger partial charge in [-0.15, -0.1) is 0 Å². The largest absolute Gasteiger partial charge is 0.346 e. The van der Waals surface area contributed by atoms with E-state index in [1.807, 2.05) is 0 Å². The van der Waals surface area contributed by atoms with Gasteiger partial charge in [0.1, 0.15) is 0 Å². The molecule has 86 valence electrons. The Kier molecular flexibility index (Phi) is 14.4. The molecule has 0 aliphatic carbocycles. The lowest BCUT2D eigenvalue weighted by Gasteiger charge is -2.12. The van der Waals surface area contributed by atoms with Gasteiger partial charge in [0.2, 0.25) is 0 Å². The molecule has 0 aliphatic heterocycles. The van der Waals surface area contributed by atoms with Crippen molar-refractivity contribution in [2.45, 2.75) is 64.5 Å². The zero-order valence-corrected chi connectivity index (χ0v) is 9.88. The summed E-state index contributed by atoms with van der Waals surface area (Å²) in [4.78, 5) is 9.08. The molecular formula is C10H26AlO2P. The van der Waals surface area contributed by atoms with Gasteiger partial charge in [0.05, 0.1) is 0 Å². The van der Waals surface area contributed by atoms with Crippen molar-refractivity contribution in [2.24, 2.45) is 0 Å². The first kappa shape index (κ1) is 17.1. The van der Waals surface area contributed by atoms with Gasteiger partial charge in [-0.25, -0.2) is 0 Å². The molecule has 0 saturated carbocycles. The van der Waals surface area contributed by atoms with Crippen LogP contribution in [0.4, 0.5) is 0 Å². The Labute approximate surface area is 99.5 Å². The van der Waals surface area contributed by atoms with Crippen LogP contribution in [0.2, 0.25) is 0 Å². The maximum atomic E-state index is 11.0. The van der Waals surface area contributed by atoms with Crippen LogP contribution in [0, 0.1) is 0 Å². The standard InChI is InChI=1S/C10H23O2P.Al.3H/c1-3-5-7-9-10(13(11)12)8-6-4-2;;;;/h10,13H,3-9H2,1-2H3,(H,11,12);;;;. The van der Waals surface area contributed by atoms with Gasteiger partial charge in [0.25, 0.3) is 0 Å². The van der Waals surface area contributed by atoms with Gasteiger partial charge >= 0.3 is 0 Å². The molecule has 0 amide bonds. The summed E-state index contributed by atoms with van der Waals surface area (Å²) in [7, 11) is -2.28. The van der Waals surface area contributed by atoms with Gasteiger partial charge in [-0.2, -0.15) is 0 Å². The molecule has 14 heavy (non-hydrogen) atoms. The predicted octanol–water partition coefficient (Wildman–Crippen LogP) is 2.41. The number of unbranched alkanes of at least 4 members (excludes halogenated alkanes) is 3. The molecule has 2 atom stereocenters. The van der Waals surface area contributed by atoms with Crippen LogP contribution in [0.25, 0.3) is 0 Å². The molecule has 0 radical (unpaired) electrons. The molecule has 0 heterocycles. The van der Waals surface area contributed by atoms with Gasteiger partial charge in [-0.1, -0.05) is 46.0 Å². The van der Waals surface area contributed by atoms with Crippen LogP contribution >= 0.6 is 8.03 Å². The van der Waals surface area contributed by atoms with Crippen LogP contribution in [-0.2, 0) is 4.57 Å². The van der Waals surface area contributed by atoms with Gasteiger partial charge in [-0.05, 0) is 12.8 Å². The first-order valence-corrected chi connectivity index (χ1v) is 6.88. The first-order chi connectivity index (χ1) is 6.22. The van der Waals surface area contributed by atoms with E-state index in [4.69, 9.17) is 4.89 Å². The zero-order valence-electron chi connectivity index (χ0n) is 8.88. The van der Waals surface area contributed by atoms with Gasteiger partial charge in [-0.3, -0.25) is 4.57 Å². The molecule has 0 aliphatic rings. The number of hydrogen-bond acceptors (Lipinski definition) is 1. The summed E-state index contributed by atoms with van der Waals surface area (Å²) in [5.74, 6) is 0. The van der Waals surface area contributed by atoms with Crippen molar-refractivity contribution in [1.29, 1.82) is 0 Å². The van der Waals surface area contributed by atoms with Crippen molar-refractivity contribution in [1.82, 2.24) is 0 Å². The first-order valence-electron chi connectivity index (χ1n) is 5.45. The molecule has 0 rings (SSSR count). The van der Waals surface area contributed by atoms with Gasteiger partial charge < -0.3 is 4.89 Å². The Morgan fingerprint density at radius 2 is 1.57 bits per heavy atom. The molecule has 2 unspecified atom stereocenters. The highest BCUT2D eigenvalue weighted by atomic mass is 31.1. The summed E-state index contributed by atoms with van der Waals surface area (Å²) < 4.78 is 11.0. The Morgan fingerprint density at radius 1 is 1.07 bits per heavy atom. The predicted molar refractivity (Wildman–Crippen MR) is 68.6 cm³/mol. The Morgan fingerprint density at radius 3 is 2.00 bits per heavy atom. The third-order valence-electron chi connectivity index (χ3n) is 2.41. The van der Waals surface area contributed by atoms with Crippen molar-refractivity contribution in [2.75, 3.05) is 0 Å². The van der Waals surface area contributed by atoms with Gasteiger partial charge in [0, 0.05) is 5.66 Å². The molecule has 0 aromatic rings. The van der Waals surface area contributed by atoms with E-state index in [-0.39, 0.29) is 23.0 Å². The maximum Gasteiger partial charge on any atom is 0.192 e. The summed E-state index contributed by atoms with van der Waals surface area (Å²) >= 11 is 0. The summed E-state index contributed by atoms with van der Waals surface area (Å²) in [6.07, 6.45) is 7.59. The number of rotatable bonds is 8. The van der Waals surface area contributed by atoms with Crippen molar-refractivity contribution in [3.8, 4) is 0 Å². The van der Waals surface area contributed by atoms with E-state index in [1.54, 1.807) is 0 Å². The minimum absolute atomic E-state index is 0. The van der Waals surface area contributed by atoms with Crippen LogP contribution in [0.5, 0.6) is 0 Å². The fourth-order valence-corrected chi connectivity index (χ4v) is 2.38. The quantitative estimate of drug-likeness (QED) is 0.399. The molecule has 0 spiro atoms. The van der Waals surface area contributed by atoms with Crippen molar-refractivity contribution < 1.29 is 9.46 Å². The second-order valence-corrected chi connectivity index (χ2v) is 5.17. The summed E-state index contributed by atoms with van der Waals surface area (Å²) in [5, 5.41) is 0. The Hall–Kier alpha value is 0.722. The van der Waals surface area contributed by atoms with Crippen LogP contribution < -0.4 is 0 Å². The minimum Gasteiger partial charge on any atom is -0.346 e. The van der Waals surface area contributed by atoms with E-state index in [0.717, 1.165) is 32.1 Å². The lowest BCUT2D eigenvalue weighted by Crippen LogP contribution is -2.02. The van der Waals surface area contributed by atoms with Gasteiger partial charge in [0.15, 0.2) is 25.4 Å². The molecule has 0 fully saturated rings. The third-order valence-corrected chi connectivity index (χ3v) is 3.69. The fourth-order valence-electron chi connectivity index (χ4n) is 1.48. The lowest BCUT2D eigenvalue weighted by atomic mass is 10.1. The average molecular weight is 236 g/mol. The highest BCUT2D eigenvalue weighted by Crippen LogP contribution is 2.31. The molecule has 4 heteroatoms. The molecule has 0 bridgehead atoms. The molecule has 0 aromatic heterocycles. The van der Waals surface area contributed by atoms with E-state index in [1.165, 1.54) is 12.8 Å². The smallest absolute Gasteiger partial charge is 0.192 e. The molecule has 2 nitrogen and oxygen atoms in total. The van der Waals surface area contributed by atoms with Crippen LogP contribution in [-0.4, -0.2) is 27.9 Å². The third kappa shape index (κ3) is 9.28. The van der Waals surface area contributed by atoms with Crippen LogP contribution in [0.1, 0.15) is 58.8 Å². The van der Waals surface area contributed by atoms with E-state index < -0.39 is 8.03 Å². The van der Waals surface area contributed by atoms with Crippen molar-refractivity contribution in [3.63, 3.8) is 0 Å². The highest BCUT2D eigenvalue weighted by Gasteiger charge is 2.12. The Balaban J connectivity index is 0. The topological polar surface area (TPSA) is 37.3 Å². The molecule has 1 N–H and O–H groups in total. The molecular weight excluding hydrogens is 210 g/mol. The SMILES string of the molecule is CCCCCC(CCCC)[PH](=O)O.[AlH3]. The summed E-state index contributed by atoms with van der Waals surface area (Å²) in [6, 6.07) is 0. The zero-order chi connectivity index (χ0) is 10.1. The number of hydrogen-bond donors (Lipinski definition) is 1. The van der Waals surface area contributed by atoms with Crippen LogP contribution in [0.15, 0.2) is 0 Å². The second-order valence-electron chi connectivity index (χ2n) is 3.67. The van der Waals surface area contributed by atoms with Crippen LogP contribution in [0.3, 0.4) is 0 Å². The summed E-state index contributed by atoms with van der Waals surface area (Å²) in [5.41, 5.74) is 0.0940. The van der Waals surface area contributed by atoms with Crippen molar-refractivity contribution in [3.05, 3.63) is 0 Å². The average Bonchev–Trinajstić information content (AvgIpc) is 2.10. The minimum atomic E-state index is -2.28.